The Labute approximate surface area is 94.5 Å². The number of rotatable bonds is 1. The molecule has 0 saturated carbocycles. The number of ketones is 1. The van der Waals surface area contributed by atoms with Crippen LogP contribution in [0.15, 0.2) is 18.3 Å². The van der Waals surface area contributed by atoms with Gasteiger partial charge >= 0.3 is 0 Å². The van der Waals surface area contributed by atoms with E-state index in [1.807, 2.05) is 19.1 Å². The second kappa shape index (κ2) is 4.31. The second-order valence-corrected chi connectivity index (χ2v) is 4.08. The van der Waals surface area contributed by atoms with Crippen molar-refractivity contribution in [3.05, 3.63) is 23.9 Å². The molecule has 1 unspecified atom stereocenters. The first kappa shape index (κ1) is 10.6. The van der Waals surface area contributed by atoms with Gasteiger partial charge in [0.05, 0.1) is 5.56 Å². The van der Waals surface area contributed by atoms with Crippen molar-refractivity contribution in [2.75, 3.05) is 18.0 Å². The molecule has 16 heavy (non-hydrogen) atoms. The van der Waals surface area contributed by atoms with E-state index in [1.54, 1.807) is 12.3 Å². The van der Waals surface area contributed by atoms with Gasteiger partial charge in [0, 0.05) is 31.6 Å². The van der Waals surface area contributed by atoms with Crippen LogP contribution < -0.4 is 4.90 Å². The third kappa shape index (κ3) is 2.03. The van der Waals surface area contributed by atoms with Crippen molar-refractivity contribution in [3.8, 4) is 6.07 Å². The SMILES string of the molecule is CC1CN(c2ccc(C#N)cn2)CCC1=O. The number of hydrogen-bond acceptors (Lipinski definition) is 4. The number of pyridine rings is 1. The Balaban J connectivity index is 2.13. The summed E-state index contributed by atoms with van der Waals surface area (Å²) in [6.07, 6.45) is 2.15. The number of piperidine rings is 1. The Hall–Kier alpha value is -1.89. The number of hydrogen-bond donors (Lipinski definition) is 0. The fraction of sp³-hybridized carbons (Fsp3) is 0.417. The van der Waals surface area contributed by atoms with Gasteiger partial charge in [-0.1, -0.05) is 6.92 Å². The van der Waals surface area contributed by atoms with E-state index in [4.69, 9.17) is 5.26 Å². The van der Waals surface area contributed by atoms with E-state index < -0.39 is 0 Å². The Kier molecular flexibility index (Phi) is 2.86. The number of anilines is 1. The highest BCUT2D eigenvalue weighted by molar-refractivity contribution is 5.83. The van der Waals surface area contributed by atoms with Crippen LogP contribution in [0.3, 0.4) is 0 Å². The number of aromatic nitrogens is 1. The van der Waals surface area contributed by atoms with Crippen LogP contribution in [0.1, 0.15) is 18.9 Å². The molecule has 1 aromatic rings. The number of Topliss-reactive ketones (excluding diaryl/α,β-unsaturated/α-hetero) is 1. The van der Waals surface area contributed by atoms with E-state index >= 15 is 0 Å². The van der Waals surface area contributed by atoms with Crippen LogP contribution in [0, 0.1) is 17.2 Å². The van der Waals surface area contributed by atoms with Gasteiger partial charge in [-0.05, 0) is 12.1 Å². The van der Waals surface area contributed by atoms with Gasteiger partial charge in [0.2, 0.25) is 0 Å². The maximum absolute atomic E-state index is 11.4. The molecule has 1 atom stereocenters. The third-order valence-corrected chi connectivity index (χ3v) is 2.87. The molecular weight excluding hydrogens is 202 g/mol. The summed E-state index contributed by atoms with van der Waals surface area (Å²) in [5.41, 5.74) is 0.560. The van der Waals surface area contributed by atoms with Gasteiger partial charge in [-0.3, -0.25) is 4.79 Å². The summed E-state index contributed by atoms with van der Waals surface area (Å²) < 4.78 is 0. The maximum Gasteiger partial charge on any atom is 0.139 e. The Morgan fingerprint density at radius 1 is 1.56 bits per heavy atom. The molecule has 0 aliphatic carbocycles. The zero-order valence-corrected chi connectivity index (χ0v) is 9.18. The second-order valence-electron chi connectivity index (χ2n) is 4.08. The van der Waals surface area contributed by atoms with Crippen molar-refractivity contribution in [2.24, 2.45) is 5.92 Å². The fourth-order valence-electron chi connectivity index (χ4n) is 1.86. The predicted octanol–water partition coefficient (Wildman–Crippen LogP) is 1.37. The lowest BCUT2D eigenvalue weighted by atomic mass is 9.99. The molecule has 1 aliphatic rings. The zero-order valence-electron chi connectivity index (χ0n) is 9.18. The summed E-state index contributed by atoms with van der Waals surface area (Å²) in [4.78, 5) is 17.7. The third-order valence-electron chi connectivity index (χ3n) is 2.87. The van der Waals surface area contributed by atoms with Gasteiger partial charge in [0.25, 0.3) is 0 Å². The van der Waals surface area contributed by atoms with Crippen LogP contribution in [0.25, 0.3) is 0 Å². The van der Waals surface area contributed by atoms with Gasteiger partial charge in [0.15, 0.2) is 0 Å². The molecule has 1 aromatic heterocycles. The lowest BCUT2D eigenvalue weighted by Crippen LogP contribution is -2.39. The standard InChI is InChI=1S/C12H13N3O/c1-9-8-15(5-4-11(9)16)12-3-2-10(6-13)7-14-12/h2-3,7,9H,4-5,8H2,1H3. The first-order valence-electron chi connectivity index (χ1n) is 5.34. The molecule has 0 spiro atoms. The van der Waals surface area contributed by atoms with Crippen LogP contribution in [0.4, 0.5) is 5.82 Å². The van der Waals surface area contributed by atoms with Crippen molar-refractivity contribution in [2.45, 2.75) is 13.3 Å². The van der Waals surface area contributed by atoms with Gasteiger partial charge in [-0.25, -0.2) is 4.98 Å². The molecule has 1 saturated heterocycles. The largest absolute Gasteiger partial charge is 0.355 e. The topological polar surface area (TPSA) is 57.0 Å². The minimum Gasteiger partial charge on any atom is -0.355 e. The molecule has 1 aliphatic heterocycles. The van der Waals surface area contributed by atoms with Crippen LogP contribution in [-0.2, 0) is 4.79 Å². The highest BCUT2D eigenvalue weighted by Crippen LogP contribution is 2.18. The first-order chi connectivity index (χ1) is 7.70. The number of nitrogens with zero attached hydrogens (tertiary/aromatic N) is 3. The summed E-state index contributed by atoms with van der Waals surface area (Å²) in [5.74, 6) is 1.24. The zero-order chi connectivity index (χ0) is 11.5. The molecule has 0 amide bonds. The Morgan fingerprint density at radius 2 is 2.38 bits per heavy atom. The lowest BCUT2D eigenvalue weighted by molar-refractivity contribution is -0.122. The van der Waals surface area contributed by atoms with E-state index in [2.05, 4.69) is 9.88 Å². The molecule has 4 heteroatoms. The van der Waals surface area contributed by atoms with E-state index in [9.17, 15) is 4.79 Å². The molecule has 82 valence electrons. The van der Waals surface area contributed by atoms with Crippen LogP contribution in [-0.4, -0.2) is 23.9 Å². The smallest absolute Gasteiger partial charge is 0.139 e. The maximum atomic E-state index is 11.4. The number of carbonyl (C=O) groups is 1. The summed E-state index contributed by atoms with van der Waals surface area (Å²) in [6, 6.07) is 5.63. The Bertz CT molecular complexity index is 433. The van der Waals surface area contributed by atoms with Gasteiger partial charge in [-0.2, -0.15) is 5.26 Å². The van der Waals surface area contributed by atoms with Gasteiger partial charge < -0.3 is 4.90 Å². The molecule has 2 heterocycles. The quantitative estimate of drug-likeness (QED) is 0.710. The number of nitriles is 1. The summed E-state index contributed by atoms with van der Waals surface area (Å²) in [6.45, 7) is 3.39. The predicted molar refractivity (Wildman–Crippen MR) is 60.0 cm³/mol. The normalized spacial score (nSPS) is 20.6. The molecule has 0 aromatic carbocycles. The molecule has 0 bridgehead atoms. The number of carbonyl (C=O) groups excluding carboxylic acids is 1. The monoisotopic (exact) mass is 215 g/mol. The molecule has 0 N–H and O–H groups in total. The molecular formula is C12H13N3O. The van der Waals surface area contributed by atoms with Gasteiger partial charge in [0.1, 0.15) is 17.7 Å². The highest BCUT2D eigenvalue weighted by Gasteiger charge is 2.23. The van der Waals surface area contributed by atoms with Gasteiger partial charge in [-0.15, -0.1) is 0 Å². The molecule has 4 nitrogen and oxygen atoms in total. The molecule has 2 rings (SSSR count). The Morgan fingerprint density at radius 3 is 2.94 bits per heavy atom. The highest BCUT2D eigenvalue weighted by atomic mass is 16.1. The van der Waals surface area contributed by atoms with Crippen molar-refractivity contribution in [1.82, 2.24) is 4.98 Å². The van der Waals surface area contributed by atoms with Crippen LogP contribution in [0.5, 0.6) is 0 Å². The van der Waals surface area contributed by atoms with E-state index in [-0.39, 0.29) is 5.92 Å². The van der Waals surface area contributed by atoms with Crippen molar-refractivity contribution in [1.29, 1.82) is 5.26 Å². The summed E-state index contributed by atoms with van der Waals surface area (Å²) in [7, 11) is 0. The lowest BCUT2D eigenvalue weighted by Gasteiger charge is -2.30. The van der Waals surface area contributed by atoms with Crippen molar-refractivity contribution < 1.29 is 4.79 Å². The average molecular weight is 215 g/mol. The van der Waals surface area contributed by atoms with Crippen LogP contribution >= 0.6 is 0 Å². The summed E-state index contributed by atoms with van der Waals surface area (Å²) in [5, 5.41) is 8.67. The minimum absolute atomic E-state index is 0.0752. The average Bonchev–Trinajstić information content (AvgIpc) is 2.33. The van der Waals surface area contributed by atoms with E-state index in [0.29, 0.717) is 17.8 Å². The van der Waals surface area contributed by atoms with E-state index in [0.717, 1.165) is 18.9 Å². The minimum atomic E-state index is 0.0752. The fourth-order valence-corrected chi connectivity index (χ4v) is 1.86. The summed E-state index contributed by atoms with van der Waals surface area (Å²) >= 11 is 0. The first-order valence-corrected chi connectivity index (χ1v) is 5.34. The molecule has 0 radical (unpaired) electrons. The van der Waals surface area contributed by atoms with Crippen molar-refractivity contribution in [3.63, 3.8) is 0 Å². The van der Waals surface area contributed by atoms with E-state index in [1.165, 1.54) is 0 Å². The van der Waals surface area contributed by atoms with Crippen LogP contribution in [0.2, 0.25) is 0 Å². The molecule has 1 fully saturated rings. The van der Waals surface area contributed by atoms with Crippen molar-refractivity contribution >= 4 is 11.6 Å².